The lowest BCUT2D eigenvalue weighted by Gasteiger charge is -2.21. The van der Waals surface area contributed by atoms with Crippen LogP contribution < -0.4 is 0 Å². The van der Waals surface area contributed by atoms with Gasteiger partial charge in [-0.25, -0.2) is 0 Å². The van der Waals surface area contributed by atoms with Gasteiger partial charge in [0.15, 0.2) is 0 Å². The highest BCUT2D eigenvalue weighted by Crippen LogP contribution is 2.34. The molecule has 2 aromatic rings. The van der Waals surface area contributed by atoms with E-state index in [9.17, 15) is 5.11 Å². The fourth-order valence-corrected chi connectivity index (χ4v) is 3.38. The summed E-state index contributed by atoms with van der Waals surface area (Å²) >= 11 is 1.72. The van der Waals surface area contributed by atoms with Gasteiger partial charge in [-0.05, 0) is 40.7 Å². The lowest BCUT2D eigenvalue weighted by Crippen LogP contribution is -2.11. The number of hydrogen-bond acceptors (Lipinski definition) is 2. The molecule has 0 bridgehead atoms. The first-order valence-corrected chi connectivity index (χ1v) is 7.11. The highest BCUT2D eigenvalue weighted by Gasteiger charge is 2.19. The largest absolute Gasteiger partial charge is 0.388 e. The molecule has 0 aliphatic rings. The summed E-state index contributed by atoms with van der Waals surface area (Å²) in [6, 6.07) is 8.31. The molecule has 0 fully saturated rings. The van der Waals surface area contributed by atoms with E-state index in [4.69, 9.17) is 0 Å². The van der Waals surface area contributed by atoms with E-state index < -0.39 is 0 Å². The minimum Gasteiger partial charge on any atom is -0.388 e. The molecule has 0 saturated heterocycles. The van der Waals surface area contributed by atoms with Crippen LogP contribution in [-0.4, -0.2) is 5.11 Å². The van der Waals surface area contributed by atoms with E-state index in [-0.39, 0.29) is 6.10 Å². The summed E-state index contributed by atoms with van der Waals surface area (Å²) in [4.78, 5) is 0. The Labute approximate surface area is 107 Å². The van der Waals surface area contributed by atoms with Crippen LogP contribution in [0.4, 0.5) is 0 Å². The molecular formula is C15H20OS. The zero-order chi connectivity index (χ0) is 12.4. The molecule has 0 aliphatic carbocycles. The zero-order valence-electron chi connectivity index (χ0n) is 10.7. The topological polar surface area (TPSA) is 20.2 Å². The van der Waals surface area contributed by atoms with E-state index in [2.05, 4.69) is 44.4 Å². The van der Waals surface area contributed by atoms with Crippen LogP contribution in [0.15, 0.2) is 29.6 Å². The molecule has 0 saturated carbocycles. The third-order valence-corrected chi connectivity index (χ3v) is 4.19. The van der Waals surface area contributed by atoms with Crippen molar-refractivity contribution >= 4 is 21.4 Å². The molecule has 1 aromatic carbocycles. The smallest absolute Gasteiger partial charge is 0.0829 e. The van der Waals surface area contributed by atoms with E-state index >= 15 is 0 Å². The highest BCUT2D eigenvalue weighted by molar-refractivity contribution is 7.17. The summed E-state index contributed by atoms with van der Waals surface area (Å²) in [6.45, 7) is 6.54. The van der Waals surface area contributed by atoms with Crippen LogP contribution in [0.2, 0.25) is 0 Å². The van der Waals surface area contributed by atoms with Gasteiger partial charge in [0.05, 0.1) is 6.10 Å². The van der Waals surface area contributed by atoms with E-state index in [1.165, 1.54) is 10.1 Å². The minimum atomic E-state index is -0.347. The predicted octanol–water partition coefficient (Wildman–Crippen LogP) is 4.62. The molecule has 1 aromatic heterocycles. The third kappa shape index (κ3) is 2.70. The summed E-state index contributed by atoms with van der Waals surface area (Å²) < 4.78 is 1.23. The van der Waals surface area contributed by atoms with Crippen LogP contribution >= 0.6 is 11.3 Å². The maximum atomic E-state index is 10.5. The highest BCUT2D eigenvalue weighted by atomic mass is 32.1. The molecule has 17 heavy (non-hydrogen) atoms. The van der Waals surface area contributed by atoms with Crippen molar-refractivity contribution in [3.8, 4) is 0 Å². The molecule has 2 rings (SSSR count). The molecular weight excluding hydrogens is 228 g/mol. The Hall–Kier alpha value is -0.860. The minimum absolute atomic E-state index is 0.308. The maximum Gasteiger partial charge on any atom is 0.0829 e. The Kier molecular flexibility index (Phi) is 3.85. The molecule has 1 nitrogen and oxygen atoms in total. The molecule has 0 radical (unpaired) electrons. The Bertz CT molecular complexity index is 486. The van der Waals surface area contributed by atoms with Gasteiger partial charge in [0, 0.05) is 4.70 Å². The second kappa shape index (κ2) is 5.19. The van der Waals surface area contributed by atoms with Gasteiger partial charge >= 0.3 is 0 Å². The molecule has 1 heterocycles. The van der Waals surface area contributed by atoms with Gasteiger partial charge in [-0.3, -0.25) is 0 Å². The monoisotopic (exact) mass is 248 g/mol. The van der Waals surface area contributed by atoms with Gasteiger partial charge in [0.2, 0.25) is 0 Å². The number of aliphatic hydroxyl groups is 1. The number of aliphatic hydroxyl groups excluding tert-OH is 1. The van der Waals surface area contributed by atoms with Crippen molar-refractivity contribution in [2.75, 3.05) is 0 Å². The number of thiophene rings is 1. The Morgan fingerprint density at radius 1 is 1.18 bits per heavy atom. The van der Waals surface area contributed by atoms with Gasteiger partial charge in [0.25, 0.3) is 0 Å². The Morgan fingerprint density at radius 2 is 1.94 bits per heavy atom. The van der Waals surface area contributed by atoms with E-state index in [0.717, 1.165) is 12.0 Å². The molecule has 92 valence electrons. The second-order valence-corrected chi connectivity index (χ2v) is 6.15. The lowest BCUT2D eigenvalue weighted by atomic mass is 9.89. The first-order chi connectivity index (χ1) is 8.09. The predicted molar refractivity (Wildman–Crippen MR) is 75.4 cm³/mol. The van der Waals surface area contributed by atoms with Gasteiger partial charge in [-0.1, -0.05) is 39.0 Å². The fourth-order valence-electron chi connectivity index (χ4n) is 2.43. The van der Waals surface area contributed by atoms with Gasteiger partial charge < -0.3 is 5.11 Å². The van der Waals surface area contributed by atoms with E-state index in [1.54, 1.807) is 11.3 Å². The van der Waals surface area contributed by atoms with E-state index in [1.807, 2.05) is 6.07 Å². The molecule has 2 atom stereocenters. The van der Waals surface area contributed by atoms with Crippen molar-refractivity contribution in [3.05, 3.63) is 35.2 Å². The summed E-state index contributed by atoms with van der Waals surface area (Å²) in [6.07, 6.45) is 0.711. The van der Waals surface area contributed by atoms with Gasteiger partial charge in [-0.2, -0.15) is 0 Å². The van der Waals surface area contributed by atoms with Crippen LogP contribution in [0.5, 0.6) is 0 Å². The van der Waals surface area contributed by atoms with Crippen molar-refractivity contribution in [3.63, 3.8) is 0 Å². The van der Waals surface area contributed by atoms with Gasteiger partial charge in [0.1, 0.15) is 0 Å². The Balaban J connectivity index is 2.29. The quantitative estimate of drug-likeness (QED) is 0.837. The third-order valence-electron chi connectivity index (χ3n) is 3.21. The van der Waals surface area contributed by atoms with Crippen molar-refractivity contribution in [2.24, 2.45) is 11.8 Å². The number of benzene rings is 1. The molecule has 1 N–H and O–H groups in total. The van der Waals surface area contributed by atoms with Crippen molar-refractivity contribution in [1.29, 1.82) is 0 Å². The van der Waals surface area contributed by atoms with Crippen LogP contribution in [0.1, 0.15) is 38.9 Å². The molecule has 0 amide bonds. The average molecular weight is 248 g/mol. The number of rotatable bonds is 4. The Morgan fingerprint density at radius 3 is 2.65 bits per heavy atom. The molecule has 2 unspecified atom stereocenters. The standard InChI is InChI=1S/C15H20OS/c1-10(2)9-11(3)14(16)13-6-4-5-12-7-8-17-15(12)13/h4-8,10-11,14,16H,9H2,1-3H3. The molecule has 0 aliphatic heterocycles. The van der Waals surface area contributed by atoms with Crippen molar-refractivity contribution in [1.82, 2.24) is 0 Å². The normalized spacial score (nSPS) is 15.4. The first-order valence-electron chi connectivity index (χ1n) is 6.23. The van der Waals surface area contributed by atoms with Crippen LogP contribution in [0.25, 0.3) is 10.1 Å². The zero-order valence-corrected chi connectivity index (χ0v) is 11.5. The summed E-state index contributed by atoms with van der Waals surface area (Å²) in [7, 11) is 0. The maximum absolute atomic E-state index is 10.5. The summed E-state index contributed by atoms with van der Waals surface area (Å²) in [5.74, 6) is 0.935. The lowest BCUT2D eigenvalue weighted by molar-refractivity contribution is 0.107. The average Bonchev–Trinajstić information content (AvgIpc) is 2.74. The summed E-state index contributed by atoms with van der Waals surface area (Å²) in [5.41, 5.74) is 1.09. The fraction of sp³-hybridized carbons (Fsp3) is 0.467. The molecule has 2 heteroatoms. The number of fused-ring (bicyclic) bond motifs is 1. The SMILES string of the molecule is CC(C)CC(C)C(O)c1cccc2ccsc12. The van der Waals surface area contributed by atoms with E-state index in [0.29, 0.717) is 11.8 Å². The summed E-state index contributed by atoms with van der Waals surface area (Å²) in [5, 5.41) is 13.8. The van der Waals surface area contributed by atoms with Gasteiger partial charge in [-0.15, -0.1) is 11.3 Å². The first kappa shape index (κ1) is 12.6. The van der Waals surface area contributed by atoms with Crippen LogP contribution in [0.3, 0.4) is 0 Å². The second-order valence-electron chi connectivity index (χ2n) is 5.24. The van der Waals surface area contributed by atoms with Crippen molar-refractivity contribution in [2.45, 2.75) is 33.3 Å². The molecule has 0 spiro atoms. The number of hydrogen-bond donors (Lipinski definition) is 1. The van der Waals surface area contributed by atoms with Crippen molar-refractivity contribution < 1.29 is 5.11 Å². The van der Waals surface area contributed by atoms with Crippen LogP contribution in [-0.2, 0) is 0 Å². The van der Waals surface area contributed by atoms with Crippen LogP contribution in [0, 0.1) is 11.8 Å².